The Labute approximate surface area is 140 Å². The van der Waals surface area contributed by atoms with Crippen molar-refractivity contribution >= 4 is 11.6 Å². The molecule has 24 heavy (non-hydrogen) atoms. The number of nitro benzene ring substituents is 1. The summed E-state index contributed by atoms with van der Waals surface area (Å²) in [6.07, 6.45) is 1.82. The maximum absolute atomic E-state index is 12.4. The molecule has 0 atom stereocenters. The van der Waals surface area contributed by atoms with Gasteiger partial charge in [0.15, 0.2) is 5.69 Å². The second-order valence-corrected chi connectivity index (χ2v) is 6.30. The van der Waals surface area contributed by atoms with Crippen LogP contribution in [0, 0.1) is 17.0 Å². The molecule has 0 saturated heterocycles. The number of hydrogen-bond donors (Lipinski definition) is 1. The number of rotatable bonds is 6. The Morgan fingerprint density at radius 3 is 2.50 bits per heavy atom. The van der Waals surface area contributed by atoms with E-state index < -0.39 is 4.92 Å². The number of aromatic nitrogens is 3. The summed E-state index contributed by atoms with van der Waals surface area (Å²) in [7, 11) is 0. The van der Waals surface area contributed by atoms with E-state index in [1.807, 2.05) is 13.8 Å². The average Bonchev–Trinajstić information content (AvgIpc) is 2.88. The number of nitro groups is 1. The minimum absolute atomic E-state index is 0.00389. The Morgan fingerprint density at radius 1 is 1.33 bits per heavy atom. The molecule has 1 amide bonds. The van der Waals surface area contributed by atoms with Gasteiger partial charge in [-0.1, -0.05) is 18.6 Å². The first-order valence-electron chi connectivity index (χ1n) is 7.75. The van der Waals surface area contributed by atoms with Crippen LogP contribution in [0.15, 0.2) is 24.3 Å². The van der Waals surface area contributed by atoms with Crippen molar-refractivity contribution in [3.63, 3.8) is 0 Å². The molecule has 1 N–H and O–H groups in total. The lowest BCUT2D eigenvalue weighted by atomic mass is 9.99. The molecule has 0 saturated carbocycles. The third-order valence-electron chi connectivity index (χ3n) is 3.74. The molecule has 0 aliphatic heterocycles. The van der Waals surface area contributed by atoms with Gasteiger partial charge in [-0.2, -0.15) is 0 Å². The summed E-state index contributed by atoms with van der Waals surface area (Å²) in [5.74, 6) is -0.279. The molecule has 0 bridgehead atoms. The van der Waals surface area contributed by atoms with Crippen LogP contribution in [0.4, 0.5) is 5.69 Å². The van der Waals surface area contributed by atoms with E-state index in [4.69, 9.17) is 0 Å². The second kappa shape index (κ2) is 6.77. The van der Waals surface area contributed by atoms with Crippen LogP contribution in [-0.4, -0.2) is 31.4 Å². The highest BCUT2D eigenvalue weighted by Gasteiger charge is 2.24. The van der Waals surface area contributed by atoms with E-state index in [0.717, 1.165) is 12.8 Å². The highest BCUT2D eigenvalue weighted by Crippen LogP contribution is 2.18. The van der Waals surface area contributed by atoms with Crippen molar-refractivity contribution in [2.24, 2.45) is 0 Å². The van der Waals surface area contributed by atoms with Crippen molar-refractivity contribution < 1.29 is 9.72 Å². The predicted molar refractivity (Wildman–Crippen MR) is 89.2 cm³/mol. The van der Waals surface area contributed by atoms with Crippen molar-refractivity contribution in [3.05, 3.63) is 45.8 Å². The average molecular weight is 331 g/mol. The molecule has 0 unspecified atom stereocenters. The third kappa shape index (κ3) is 3.76. The maximum atomic E-state index is 12.4. The molecule has 8 heteroatoms. The molecule has 8 nitrogen and oxygen atoms in total. The summed E-state index contributed by atoms with van der Waals surface area (Å²) in [5, 5.41) is 21.6. The van der Waals surface area contributed by atoms with E-state index in [2.05, 4.69) is 22.6 Å². The number of carbonyl (C=O) groups excluding carboxylic acids is 1. The summed E-state index contributed by atoms with van der Waals surface area (Å²) in [6.45, 7) is 7.72. The summed E-state index contributed by atoms with van der Waals surface area (Å²) in [5.41, 5.74) is 1.11. The molecule has 2 rings (SSSR count). The van der Waals surface area contributed by atoms with E-state index in [1.165, 1.54) is 16.8 Å². The van der Waals surface area contributed by atoms with Gasteiger partial charge >= 0.3 is 0 Å². The quantitative estimate of drug-likeness (QED) is 0.647. The molecule has 0 aliphatic rings. The van der Waals surface area contributed by atoms with Crippen LogP contribution < -0.4 is 5.32 Å². The topological polar surface area (TPSA) is 103 Å². The molecule has 0 radical (unpaired) electrons. The van der Waals surface area contributed by atoms with Gasteiger partial charge in [-0.05, 0) is 39.3 Å². The minimum atomic E-state index is -0.466. The van der Waals surface area contributed by atoms with Gasteiger partial charge < -0.3 is 5.32 Å². The van der Waals surface area contributed by atoms with Crippen LogP contribution in [0.2, 0.25) is 0 Å². The molecule has 2 aromatic rings. The molecule has 128 valence electrons. The standard InChI is InChI=1S/C16H21N5O3/c1-5-10-16(3,4)17-15(22)14-11(2)20(19-18-14)12-6-8-13(9-7-12)21(23)24/h6-9H,5,10H2,1-4H3,(H,17,22). The SMILES string of the molecule is CCCC(C)(C)NC(=O)c1nnn(-c2ccc([N+](=O)[O-])cc2)c1C. The lowest BCUT2D eigenvalue weighted by Gasteiger charge is -2.25. The third-order valence-corrected chi connectivity index (χ3v) is 3.74. The lowest BCUT2D eigenvalue weighted by Crippen LogP contribution is -2.43. The second-order valence-electron chi connectivity index (χ2n) is 6.30. The van der Waals surface area contributed by atoms with E-state index in [0.29, 0.717) is 11.4 Å². The molecule has 1 aromatic heterocycles. The van der Waals surface area contributed by atoms with Gasteiger partial charge in [-0.25, -0.2) is 4.68 Å². The van der Waals surface area contributed by atoms with Gasteiger partial charge in [0.25, 0.3) is 11.6 Å². The smallest absolute Gasteiger partial charge is 0.274 e. The van der Waals surface area contributed by atoms with Gasteiger partial charge in [-0.3, -0.25) is 14.9 Å². The fraction of sp³-hybridized carbons (Fsp3) is 0.438. The first-order chi connectivity index (χ1) is 11.2. The van der Waals surface area contributed by atoms with Gasteiger partial charge in [0.2, 0.25) is 0 Å². The van der Waals surface area contributed by atoms with Crippen molar-refractivity contribution in [2.75, 3.05) is 0 Å². The van der Waals surface area contributed by atoms with E-state index in [-0.39, 0.29) is 22.8 Å². The van der Waals surface area contributed by atoms with Crippen LogP contribution in [-0.2, 0) is 0 Å². The molecule has 0 spiro atoms. The number of hydrogen-bond acceptors (Lipinski definition) is 5. The molecular weight excluding hydrogens is 310 g/mol. The summed E-state index contributed by atoms with van der Waals surface area (Å²) in [4.78, 5) is 22.7. The van der Waals surface area contributed by atoms with Gasteiger partial charge in [0.05, 0.1) is 16.3 Å². The number of nitrogens with zero attached hydrogens (tertiary/aromatic N) is 4. The van der Waals surface area contributed by atoms with Crippen molar-refractivity contribution in [1.29, 1.82) is 0 Å². The molecule has 1 heterocycles. The zero-order valence-corrected chi connectivity index (χ0v) is 14.2. The largest absolute Gasteiger partial charge is 0.346 e. The van der Waals surface area contributed by atoms with Crippen LogP contribution >= 0.6 is 0 Å². The van der Waals surface area contributed by atoms with E-state index >= 15 is 0 Å². The number of carbonyl (C=O) groups is 1. The molecule has 0 fully saturated rings. The number of nitrogens with one attached hydrogen (secondary N) is 1. The Kier molecular flexibility index (Phi) is 4.96. The highest BCUT2D eigenvalue weighted by molar-refractivity contribution is 5.93. The molecule has 1 aromatic carbocycles. The molecular formula is C16H21N5O3. The minimum Gasteiger partial charge on any atom is -0.346 e. The summed E-state index contributed by atoms with van der Waals surface area (Å²) < 4.78 is 1.49. The normalized spacial score (nSPS) is 11.3. The van der Waals surface area contributed by atoms with E-state index in [9.17, 15) is 14.9 Å². The van der Waals surface area contributed by atoms with Crippen LogP contribution in [0.1, 0.15) is 49.8 Å². The Hall–Kier alpha value is -2.77. The van der Waals surface area contributed by atoms with E-state index in [1.54, 1.807) is 19.1 Å². The van der Waals surface area contributed by atoms with Crippen molar-refractivity contribution in [2.45, 2.75) is 46.1 Å². The molecule has 0 aliphatic carbocycles. The Balaban J connectivity index is 2.24. The number of non-ortho nitro benzene ring substituents is 1. The number of benzene rings is 1. The number of amides is 1. The zero-order valence-electron chi connectivity index (χ0n) is 14.2. The Morgan fingerprint density at radius 2 is 1.96 bits per heavy atom. The fourth-order valence-electron chi connectivity index (χ4n) is 2.55. The first-order valence-corrected chi connectivity index (χ1v) is 7.75. The maximum Gasteiger partial charge on any atom is 0.274 e. The first kappa shape index (κ1) is 17.6. The van der Waals surface area contributed by atoms with Crippen LogP contribution in [0.5, 0.6) is 0 Å². The Bertz CT molecular complexity index is 750. The predicted octanol–water partition coefficient (Wildman–Crippen LogP) is 2.79. The lowest BCUT2D eigenvalue weighted by molar-refractivity contribution is -0.384. The highest BCUT2D eigenvalue weighted by atomic mass is 16.6. The van der Waals surface area contributed by atoms with Crippen LogP contribution in [0.3, 0.4) is 0 Å². The van der Waals surface area contributed by atoms with Gasteiger partial charge in [0, 0.05) is 17.7 Å². The van der Waals surface area contributed by atoms with Gasteiger partial charge in [0.1, 0.15) is 0 Å². The van der Waals surface area contributed by atoms with Crippen molar-refractivity contribution in [1.82, 2.24) is 20.3 Å². The fourth-order valence-corrected chi connectivity index (χ4v) is 2.55. The summed E-state index contributed by atoms with van der Waals surface area (Å²) in [6, 6.07) is 5.92. The van der Waals surface area contributed by atoms with Crippen LogP contribution in [0.25, 0.3) is 5.69 Å². The summed E-state index contributed by atoms with van der Waals surface area (Å²) >= 11 is 0. The van der Waals surface area contributed by atoms with Gasteiger partial charge in [-0.15, -0.1) is 5.10 Å². The zero-order chi connectivity index (χ0) is 17.9. The van der Waals surface area contributed by atoms with Crippen molar-refractivity contribution in [3.8, 4) is 5.69 Å². The monoisotopic (exact) mass is 331 g/mol.